The van der Waals surface area contributed by atoms with Gasteiger partial charge in [0.1, 0.15) is 5.78 Å². The predicted octanol–water partition coefficient (Wildman–Crippen LogP) is 7.56. The van der Waals surface area contributed by atoms with Crippen molar-refractivity contribution in [1.82, 2.24) is 31.9 Å². The molecule has 18 unspecified atom stereocenters. The Bertz CT molecular complexity index is 3570. The fourth-order valence-corrected chi connectivity index (χ4v) is 21.9. The number of nitrogens with one attached hydrogen (secondary N) is 6. The van der Waals surface area contributed by atoms with Gasteiger partial charge in [0, 0.05) is 49.8 Å². The Morgan fingerprint density at radius 3 is 2.62 bits per heavy atom. The number of Topliss-reactive ketones (excluding diaryl/α,β-unsaturated/α-hetero) is 1. The molecule has 6 aliphatic carbocycles. The number of carbonyl (C=O) groups is 2. The summed E-state index contributed by atoms with van der Waals surface area (Å²) in [5.74, 6) is 6.60. The molecule has 3 aromatic carbocycles. The van der Waals surface area contributed by atoms with Crippen LogP contribution in [0.2, 0.25) is 0 Å². The van der Waals surface area contributed by atoms with Gasteiger partial charge in [0.25, 0.3) is 0 Å². The fourth-order valence-electron chi connectivity index (χ4n) is 21.9. The van der Waals surface area contributed by atoms with Crippen LogP contribution in [-0.4, -0.2) is 121 Å². The third kappa shape index (κ3) is 12.9. The highest BCUT2D eigenvalue weighted by Gasteiger charge is 2.73. The van der Waals surface area contributed by atoms with Gasteiger partial charge in [-0.25, -0.2) is 0 Å². The number of hydrogen-bond acceptors (Lipinski definition) is 16. The first kappa shape index (κ1) is 64.9. The molecular formula is C78H101N9O7. The van der Waals surface area contributed by atoms with Crippen molar-refractivity contribution >= 4 is 23.1 Å². The van der Waals surface area contributed by atoms with Crippen molar-refractivity contribution in [3.05, 3.63) is 147 Å². The van der Waals surface area contributed by atoms with Crippen molar-refractivity contribution in [2.24, 2.45) is 86.5 Å². The molecule has 0 amide bonds. The third-order valence-electron chi connectivity index (χ3n) is 25.1. The number of ketones is 2. The second-order valence-corrected chi connectivity index (χ2v) is 30.4. The van der Waals surface area contributed by atoms with Crippen LogP contribution in [0.25, 0.3) is 5.57 Å². The minimum Gasteiger partial charge on any atom is -0.504 e. The van der Waals surface area contributed by atoms with E-state index in [4.69, 9.17) is 21.2 Å². The van der Waals surface area contributed by atoms with Crippen molar-refractivity contribution in [3.8, 4) is 23.5 Å². The molecule has 7 fully saturated rings. The van der Waals surface area contributed by atoms with Gasteiger partial charge in [0.2, 0.25) is 5.96 Å². The summed E-state index contributed by atoms with van der Waals surface area (Å²) in [5.41, 5.74) is 23.4. The molecule has 8 bridgehead atoms. The van der Waals surface area contributed by atoms with Crippen LogP contribution in [-0.2, 0) is 35.3 Å². The van der Waals surface area contributed by atoms with Gasteiger partial charge < -0.3 is 68.5 Å². The van der Waals surface area contributed by atoms with E-state index in [0.717, 1.165) is 126 Å². The van der Waals surface area contributed by atoms with Crippen LogP contribution in [0.3, 0.4) is 0 Å². The lowest BCUT2D eigenvalue weighted by molar-refractivity contribution is -0.126. The number of phenolic OH excluding ortho intramolecular Hbond substituents is 1. The monoisotopic (exact) mass is 1280 g/mol. The van der Waals surface area contributed by atoms with Crippen molar-refractivity contribution in [3.63, 3.8) is 0 Å². The highest BCUT2D eigenvalue weighted by atomic mass is 16.6. The number of aliphatic imine (C=N–C) groups is 1. The van der Waals surface area contributed by atoms with Crippen LogP contribution in [0.5, 0.6) is 11.5 Å². The van der Waals surface area contributed by atoms with Gasteiger partial charge in [-0.15, -0.1) is 0 Å². The molecule has 13 aliphatic rings. The fraction of sp³-hybridized carbons (Fsp3) is 0.577. The number of aromatic hydroxyl groups is 1. The molecule has 1 spiro atoms. The second-order valence-electron chi connectivity index (χ2n) is 30.4. The Balaban J connectivity index is 0.862. The lowest BCUT2D eigenvalue weighted by Crippen LogP contribution is -2.57. The van der Waals surface area contributed by atoms with E-state index in [-0.39, 0.29) is 76.5 Å². The molecule has 16 nitrogen and oxygen atoms in total. The van der Waals surface area contributed by atoms with Gasteiger partial charge in [-0.3, -0.25) is 9.59 Å². The smallest absolute Gasteiger partial charge is 0.202 e. The highest BCUT2D eigenvalue weighted by molar-refractivity contribution is 6.08. The van der Waals surface area contributed by atoms with E-state index >= 15 is 0 Å². The number of phenols is 1. The first-order chi connectivity index (χ1) is 45.8. The second kappa shape index (κ2) is 28.0. The Morgan fingerprint density at radius 1 is 0.915 bits per heavy atom. The zero-order valence-corrected chi connectivity index (χ0v) is 55.0. The molecule has 16 heteroatoms. The summed E-state index contributed by atoms with van der Waals surface area (Å²) < 4.78 is 5.54. The van der Waals surface area contributed by atoms with E-state index in [1.807, 2.05) is 18.3 Å². The number of allylic oxidation sites excluding steroid dienone is 3. The van der Waals surface area contributed by atoms with Crippen LogP contribution in [0.1, 0.15) is 131 Å². The number of piperidine rings is 1. The summed E-state index contributed by atoms with van der Waals surface area (Å²) in [7, 11) is 2.12. The SMILES string of the molecule is CNCC1CC23C4CC5(CC6C7CCNCC7CC7C=CCNC76)CC(CCC52)CC(=O)CC(=O)C=C(CO)c2cc(OCO)c(O)cc2CC2=CNC(N)C=C2C(Cc2cccc(CCc5ccccc5)c2)CC#CN=C(N)NC2CC(=C5CCCC(O)C5N4)C3C1C2. The first-order valence-electron chi connectivity index (χ1n) is 35.8. The van der Waals surface area contributed by atoms with Gasteiger partial charge in [-0.1, -0.05) is 83.8 Å². The number of ether oxygens (including phenoxy) is 1. The number of aliphatic hydroxyl groups excluding tert-OH is 3. The number of rotatable bonds is 12. The molecule has 3 aromatic rings. The van der Waals surface area contributed by atoms with E-state index in [1.54, 1.807) is 17.7 Å². The van der Waals surface area contributed by atoms with E-state index in [0.29, 0.717) is 89.7 Å². The minimum atomic E-state index is -0.711. The molecule has 0 radical (unpaired) electrons. The molecule has 1 saturated heterocycles. The van der Waals surface area contributed by atoms with Gasteiger partial charge in [-0.05, 0) is 275 Å². The zero-order valence-electron chi connectivity index (χ0n) is 55.0. The van der Waals surface area contributed by atoms with Gasteiger partial charge in [-0.2, -0.15) is 4.99 Å². The largest absolute Gasteiger partial charge is 0.504 e. The lowest BCUT2D eigenvalue weighted by atomic mass is 9.50. The molecule has 94 heavy (non-hydrogen) atoms. The number of nitrogens with zero attached hydrogens (tertiary/aromatic N) is 1. The van der Waals surface area contributed by atoms with Crippen molar-refractivity contribution in [2.75, 3.05) is 46.6 Å². The number of dihydropyridines is 1. The molecule has 16 rings (SSSR count). The minimum absolute atomic E-state index is 0.0132. The van der Waals surface area contributed by atoms with Crippen LogP contribution in [0.4, 0.5) is 0 Å². The number of aliphatic hydroxyl groups is 3. The average Bonchev–Trinajstić information content (AvgIpc) is 1.50. The standard InChI is InChI=1S/C78H101N9O7/c1-81-41-56-38-78-70-20-19-49-27-58(90)34-59(91)30-55(44-88)62-35-69(94-45-89)68(93)31-52(62)29-54-43-85-72(79)36-63(54)50(26-48-12-5-11-47(25-48)18-17-46-9-3-2-4-10-46)13-7-23-84-76(80)86-57-32-64(56)73(78)65(33-57)61-15-6-16-67(92)75(61)87-71(78)40-77(70,37-49)39-66-60-21-24-82-42-53(60)28-51-14-8-22-83-74(51)66/h2-5,8-12,14,25,30-31,35-36,43,49-51,53,56-57,60,64,66-67,70-75,81-83,85,87-89,92-93H,6,13,15-22,24,26-29,32-34,37-42,44-45,79H2,1H3,(H3,80,84,86). The number of nitrogens with two attached hydrogens (primary N) is 2. The van der Waals surface area contributed by atoms with Crippen molar-refractivity contribution in [2.45, 2.75) is 165 Å². The summed E-state index contributed by atoms with van der Waals surface area (Å²) in [6.45, 7) is 2.65. The van der Waals surface area contributed by atoms with Gasteiger partial charge >= 0.3 is 0 Å². The number of guanidine groups is 1. The average molecular weight is 1280 g/mol. The molecule has 7 aliphatic heterocycles. The normalized spacial score (nSPS) is 36.3. The lowest BCUT2D eigenvalue weighted by Gasteiger charge is -2.56. The number of carbonyl (C=O) groups excluding carboxylic acids is 2. The van der Waals surface area contributed by atoms with Crippen LogP contribution in [0.15, 0.2) is 125 Å². The van der Waals surface area contributed by atoms with Crippen LogP contribution in [0, 0.1) is 82.0 Å². The molecule has 0 aromatic heterocycles. The predicted molar refractivity (Wildman–Crippen MR) is 367 cm³/mol. The zero-order chi connectivity index (χ0) is 64.7. The maximum atomic E-state index is 14.9. The summed E-state index contributed by atoms with van der Waals surface area (Å²) in [4.78, 5) is 34.4. The van der Waals surface area contributed by atoms with Crippen LogP contribution < -0.4 is 48.1 Å². The van der Waals surface area contributed by atoms with Crippen molar-refractivity contribution < 1.29 is 34.8 Å². The number of benzene rings is 3. The Labute approximate surface area is 555 Å². The summed E-state index contributed by atoms with van der Waals surface area (Å²) in [6, 6.07) is 26.0. The van der Waals surface area contributed by atoms with Crippen molar-refractivity contribution in [1.29, 1.82) is 0 Å². The summed E-state index contributed by atoms with van der Waals surface area (Å²) in [5, 5.41) is 68.4. The van der Waals surface area contributed by atoms with Gasteiger partial charge in [0.05, 0.1) is 31.3 Å². The Hall–Kier alpha value is -6.39. The molecule has 500 valence electrons. The van der Waals surface area contributed by atoms with Crippen LogP contribution >= 0.6 is 0 Å². The van der Waals surface area contributed by atoms with E-state index in [9.17, 15) is 30.0 Å². The highest BCUT2D eigenvalue weighted by Crippen LogP contribution is 2.76. The third-order valence-corrected chi connectivity index (χ3v) is 25.1. The van der Waals surface area contributed by atoms with E-state index < -0.39 is 31.5 Å². The Morgan fingerprint density at radius 2 is 1.77 bits per heavy atom. The van der Waals surface area contributed by atoms with E-state index in [1.165, 1.54) is 35.6 Å². The molecule has 14 N–H and O–H groups in total. The molecular weight excluding hydrogens is 1170 g/mol. The van der Waals surface area contributed by atoms with E-state index in [2.05, 4.69) is 112 Å². The van der Waals surface area contributed by atoms with Gasteiger partial charge in [0.15, 0.2) is 24.1 Å². The maximum absolute atomic E-state index is 14.9. The first-order valence-corrected chi connectivity index (χ1v) is 35.8. The maximum Gasteiger partial charge on any atom is 0.202 e. The summed E-state index contributed by atoms with van der Waals surface area (Å²) >= 11 is 0. The number of hydrogen-bond donors (Lipinski definition) is 12. The quantitative estimate of drug-likeness (QED) is 0.0362. The summed E-state index contributed by atoms with van der Waals surface area (Å²) in [6.07, 6.45) is 25.2. The molecule has 6 saturated carbocycles. The number of fused-ring (bicyclic) bond motifs is 3. The molecule has 18 atom stereocenters. The Kier molecular flexibility index (Phi) is 19.3. The topological polar surface area (TPSA) is 261 Å². The molecule has 7 heterocycles. The number of aryl methyl sites for hydroxylation is 2.